The zero-order valence-electron chi connectivity index (χ0n) is 10.5. The summed E-state index contributed by atoms with van der Waals surface area (Å²) in [6.45, 7) is 1.40. The highest BCUT2D eigenvalue weighted by Crippen LogP contribution is 2.28. The van der Waals surface area contributed by atoms with Gasteiger partial charge < -0.3 is 16.4 Å². The minimum atomic E-state index is -0.912. The Morgan fingerprint density at radius 2 is 2.05 bits per heavy atom. The van der Waals surface area contributed by atoms with Crippen LogP contribution in [0, 0.1) is 10.1 Å². The minimum absolute atomic E-state index is 0.134. The van der Waals surface area contributed by atoms with Gasteiger partial charge in [-0.05, 0) is 19.1 Å². The Morgan fingerprint density at radius 3 is 2.53 bits per heavy atom. The first-order chi connectivity index (χ1) is 8.88. The fraction of sp³-hybridized carbons (Fsp3) is 0.273. The molecule has 0 radical (unpaired) electrons. The molecule has 1 unspecified atom stereocenters. The van der Waals surface area contributed by atoms with E-state index in [0.717, 1.165) is 0 Å². The summed E-state index contributed by atoms with van der Waals surface area (Å²) in [6.07, 6.45) is 0. The Balaban J connectivity index is 3.16. The van der Waals surface area contributed by atoms with Gasteiger partial charge in [0.05, 0.1) is 4.92 Å². The molecule has 2 amide bonds. The molecule has 19 heavy (non-hydrogen) atoms. The third kappa shape index (κ3) is 3.18. The van der Waals surface area contributed by atoms with Crippen LogP contribution in [0.1, 0.15) is 17.3 Å². The first-order valence-electron chi connectivity index (χ1n) is 5.43. The summed E-state index contributed by atoms with van der Waals surface area (Å²) < 4.78 is 0. The van der Waals surface area contributed by atoms with E-state index >= 15 is 0 Å². The Kier molecular flexibility index (Phi) is 4.41. The van der Waals surface area contributed by atoms with Gasteiger partial charge in [0.15, 0.2) is 0 Å². The molecule has 1 aromatic carbocycles. The molecule has 0 aliphatic heterocycles. The number of nitrogens with two attached hydrogens (primary N) is 1. The summed E-state index contributed by atoms with van der Waals surface area (Å²) in [5.74, 6) is -1.45. The number of hydrogen-bond donors (Lipinski definition) is 3. The van der Waals surface area contributed by atoms with Gasteiger partial charge in [-0.3, -0.25) is 19.7 Å². The predicted octanol–water partition coefficient (Wildman–Crippen LogP) is 0.240. The van der Waals surface area contributed by atoms with Crippen molar-refractivity contribution in [2.24, 2.45) is 5.73 Å². The average molecular weight is 266 g/mol. The smallest absolute Gasteiger partial charge is 0.305 e. The topological polar surface area (TPSA) is 127 Å². The van der Waals surface area contributed by atoms with E-state index in [4.69, 9.17) is 5.73 Å². The second kappa shape index (κ2) is 5.80. The van der Waals surface area contributed by atoms with Crippen LogP contribution in [-0.4, -0.2) is 29.8 Å². The lowest BCUT2D eigenvalue weighted by Gasteiger charge is -2.11. The Labute approximate surface area is 109 Å². The molecule has 0 heterocycles. The monoisotopic (exact) mass is 266 g/mol. The van der Waals surface area contributed by atoms with Crippen LogP contribution in [0.2, 0.25) is 0 Å². The van der Waals surface area contributed by atoms with E-state index in [1.54, 1.807) is 0 Å². The third-order valence-electron chi connectivity index (χ3n) is 2.51. The summed E-state index contributed by atoms with van der Waals surface area (Å²) in [6, 6.07) is 3.38. The van der Waals surface area contributed by atoms with Crippen molar-refractivity contribution in [1.82, 2.24) is 5.32 Å². The number of nitro benzene ring substituents is 1. The first-order valence-corrected chi connectivity index (χ1v) is 5.43. The summed E-state index contributed by atoms with van der Waals surface area (Å²) in [5.41, 5.74) is 4.75. The van der Waals surface area contributed by atoms with Crippen molar-refractivity contribution in [2.45, 2.75) is 13.0 Å². The lowest BCUT2D eigenvalue weighted by Crippen LogP contribution is -2.42. The van der Waals surface area contributed by atoms with Crippen LogP contribution < -0.4 is 16.4 Å². The molecule has 0 aliphatic carbocycles. The molecular formula is C11H14N4O4. The fourth-order valence-electron chi connectivity index (χ4n) is 1.47. The quantitative estimate of drug-likeness (QED) is 0.519. The number of amides is 2. The van der Waals surface area contributed by atoms with Crippen molar-refractivity contribution >= 4 is 23.2 Å². The summed E-state index contributed by atoms with van der Waals surface area (Å²) in [4.78, 5) is 33.1. The van der Waals surface area contributed by atoms with E-state index in [0.29, 0.717) is 0 Å². The second-order valence-electron chi connectivity index (χ2n) is 3.81. The van der Waals surface area contributed by atoms with Crippen molar-refractivity contribution in [3.05, 3.63) is 33.9 Å². The van der Waals surface area contributed by atoms with E-state index in [-0.39, 0.29) is 16.9 Å². The lowest BCUT2D eigenvalue weighted by molar-refractivity contribution is -0.384. The number of primary amides is 1. The number of carbonyl (C=O) groups is 2. The molecule has 0 bridgehead atoms. The number of benzene rings is 1. The van der Waals surface area contributed by atoms with E-state index in [2.05, 4.69) is 10.6 Å². The standard InChI is InChI=1S/C11H14N4O4/c1-6(10(12)16)14-11(17)7-4-3-5-8(13-2)9(7)15(18)19/h3-6,13H,1-2H3,(H2,12,16)(H,14,17). The van der Waals surface area contributed by atoms with Gasteiger partial charge in [-0.25, -0.2) is 0 Å². The number of nitrogens with zero attached hydrogens (tertiary/aromatic N) is 1. The van der Waals surface area contributed by atoms with Crippen LogP contribution in [0.4, 0.5) is 11.4 Å². The maximum Gasteiger partial charge on any atom is 0.305 e. The molecule has 0 aromatic heterocycles. The van der Waals surface area contributed by atoms with Gasteiger partial charge in [0.2, 0.25) is 5.91 Å². The zero-order chi connectivity index (χ0) is 14.6. The molecule has 8 heteroatoms. The van der Waals surface area contributed by atoms with Crippen LogP contribution in [0.15, 0.2) is 18.2 Å². The molecule has 0 fully saturated rings. The Hall–Kier alpha value is -2.64. The number of anilines is 1. The van der Waals surface area contributed by atoms with Crippen molar-refractivity contribution in [2.75, 3.05) is 12.4 Å². The van der Waals surface area contributed by atoms with Crippen molar-refractivity contribution in [3.63, 3.8) is 0 Å². The molecule has 0 aliphatic rings. The zero-order valence-corrected chi connectivity index (χ0v) is 10.5. The van der Waals surface area contributed by atoms with Gasteiger partial charge in [-0.15, -0.1) is 0 Å². The molecule has 102 valence electrons. The SMILES string of the molecule is CNc1cccc(C(=O)NC(C)C(N)=O)c1[N+](=O)[O-]. The molecule has 8 nitrogen and oxygen atoms in total. The number of hydrogen-bond acceptors (Lipinski definition) is 5. The maximum atomic E-state index is 11.9. The third-order valence-corrected chi connectivity index (χ3v) is 2.51. The van der Waals surface area contributed by atoms with Gasteiger partial charge in [0, 0.05) is 7.05 Å². The number of rotatable bonds is 5. The fourth-order valence-corrected chi connectivity index (χ4v) is 1.47. The number of nitrogens with one attached hydrogen (secondary N) is 2. The Morgan fingerprint density at radius 1 is 1.42 bits per heavy atom. The highest BCUT2D eigenvalue weighted by molar-refractivity contribution is 6.02. The first kappa shape index (κ1) is 14.4. The van der Waals surface area contributed by atoms with Gasteiger partial charge >= 0.3 is 5.69 Å². The largest absolute Gasteiger partial charge is 0.383 e. The molecule has 0 spiro atoms. The summed E-state index contributed by atoms with van der Waals surface area (Å²) in [7, 11) is 1.51. The molecule has 0 saturated heterocycles. The van der Waals surface area contributed by atoms with Gasteiger partial charge in [0.1, 0.15) is 17.3 Å². The van der Waals surface area contributed by atoms with Crippen molar-refractivity contribution in [1.29, 1.82) is 0 Å². The molecule has 0 saturated carbocycles. The molecule has 1 aromatic rings. The maximum absolute atomic E-state index is 11.9. The number of carbonyl (C=O) groups excluding carboxylic acids is 2. The highest BCUT2D eigenvalue weighted by Gasteiger charge is 2.25. The second-order valence-corrected chi connectivity index (χ2v) is 3.81. The van der Waals surface area contributed by atoms with Crippen LogP contribution in [0.3, 0.4) is 0 Å². The Bertz CT molecular complexity index is 529. The van der Waals surface area contributed by atoms with Gasteiger partial charge in [0.25, 0.3) is 5.91 Å². The van der Waals surface area contributed by atoms with E-state index < -0.39 is 22.8 Å². The molecule has 1 rings (SSSR count). The van der Waals surface area contributed by atoms with E-state index in [1.165, 1.54) is 32.2 Å². The predicted molar refractivity (Wildman–Crippen MR) is 68.8 cm³/mol. The van der Waals surface area contributed by atoms with Crippen LogP contribution >= 0.6 is 0 Å². The van der Waals surface area contributed by atoms with Crippen molar-refractivity contribution in [3.8, 4) is 0 Å². The lowest BCUT2D eigenvalue weighted by atomic mass is 10.1. The number of para-hydroxylation sites is 1. The van der Waals surface area contributed by atoms with Crippen LogP contribution in [0.5, 0.6) is 0 Å². The van der Waals surface area contributed by atoms with Gasteiger partial charge in [-0.1, -0.05) is 6.07 Å². The van der Waals surface area contributed by atoms with Crippen LogP contribution in [0.25, 0.3) is 0 Å². The van der Waals surface area contributed by atoms with E-state index in [9.17, 15) is 19.7 Å². The minimum Gasteiger partial charge on any atom is -0.383 e. The number of nitro groups is 1. The molecule has 4 N–H and O–H groups in total. The molecular weight excluding hydrogens is 252 g/mol. The highest BCUT2D eigenvalue weighted by atomic mass is 16.6. The average Bonchev–Trinajstić information content (AvgIpc) is 2.37. The molecule has 1 atom stereocenters. The summed E-state index contributed by atoms with van der Waals surface area (Å²) >= 11 is 0. The van der Waals surface area contributed by atoms with E-state index in [1.807, 2.05) is 0 Å². The summed E-state index contributed by atoms with van der Waals surface area (Å²) in [5, 5.41) is 16.0. The van der Waals surface area contributed by atoms with Crippen molar-refractivity contribution < 1.29 is 14.5 Å². The van der Waals surface area contributed by atoms with Gasteiger partial charge in [-0.2, -0.15) is 0 Å². The van der Waals surface area contributed by atoms with Crippen LogP contribution in [-0.2, 0) is 4.79 Å². The normalized spacial score (nSPS) is 11.5.